The lowest BCUT2D eigenvalue weighted by molar-refractivity contribution is -0.406. The van der Waals surface area contributed by atoms with E-state index in [4.69, 9.17) is 0 Å². The summed E-state index contributed by atoms with van der Waals surface area (Å²) in [6.45, 7) is 0.994. The monoisotopic (exact) mass is 407 g/mol. The lowest BCUT2D eigenvalue weighted by atomic mass is 9.94. The third kappa shape index (κ3) is 6.53. The lowest BCUT2D eigenvalue weighted by Gasteiger charge is -2.33. The SMILES string of the molecule is CSCC[C@H]([NH3+])C(=O)N1CCC(C(=O)N[C@H](Cc2ccccc2)C(=O)[O-])CC1. The van der Waals surface area contributed by atoms with Crippen molar-refractivity contribution in [2.24, 2.45) is 5.92 Å². The lowest BCUT2D eigenvalue weighted by Crippen LogP contribution is -2.68. The van der Waals surface area contributed by atoms with Crippen molar-refractivity contribution in [3.8, 4) is 0 Å². The number of likely N-dealkylation sites (tertiary alicyclic amines) is 1. The van der Waals surface area contributed by atoms with E-state index in [0.717, 1.165) is 17.7 Å². The molecule has 28 heavy (non-hydrogen) atoms. The molecule has 1 saturated heterocycles. The Balaban J connectivity index is 1.84. The first-order valence-corrected chi connectivity index (χ1v) is 11.0. The molecule has 1 aliphatic rings. The summed E-state index contributed by atoms with van der Waals surface area (Å²) in [7, 11) is 0. The summed E-state index contributed by atoms with van der Waals surface area (Å²) in [6, 6.07) is 7.81. The van der Waals surface area contributed by atoms with E-state index >= 15 is 0 Å². The number of amides is 2. The Morgan fingerprint density at radius 1 is 1.25 bits per heavy atom. The molecule has 1 heterocycles. The van der Waals surface area contributed by atoms with Gasteiger partial charge in [-0.1, -0.05) is 30.3 Å². The summed E-state index contributed by atoms with van der Waals surface area (Å²) < 4.78 is 0. The molecule has 1 aromatic rings. The molecule has 0 aromatic heterocycles. The molecule has 7 nitrogen and oxygen atoms in total. The van der Waals surface area contributed by atoms with Crippen molar-refractivity contribution in [3.05, 3.63) is 35.9 Å². The fourth-order valence-electron chi connectivity index (χ4n) is 3.34. The maximum atomic E-state index is 12.5. The van der Waals surface area contributed by atoms with Crippen LogP contribution in [0.5, 0.6) is 0 Å². The van der Waals surface area contributed by atoms with Crippen LogP contribution in [0.3, 0.4) is 0 Å². The molecule has 154 valence electrons. The van der Waals surface area contributed by atoms with Crippen molar-refractivity contribution in [1.82, 2.24) is 10.2 Å². The Morgan fingerprint density at radius 3 is 2.46 bits per heavy atom. The van der Waals surface area contributed by atoms with Gasteiger partial charge in [-0.15, -0.1) is 0 Å². The van der Waals surface area contributed by atoms with E-state index in [0.29, 0.717) is 25.9 Å². The van der Waals surface area contributed by atoms with Gasteiger partial charge < -0.3 is 25.9 Å². The number of carbonyl (C=O) groups is 3. The van der Waals surface area contributed by atoms with Crippen molar-refractivity contribution < 1.29 is 25.2 Å². The molecule has 0 bridgehead atoms. The normalized spacial score (nSPS) is 17.0. The van der Waals surface area contributed by atoms with Crippen LogP contribution in [0, 0.1) is 5.92 Å². The number of nitrogens with zero attached hydrogens (tertiary/aromatic N) is 1. The Kier molecular flexibility index (Phi) is 8.79. The molecular weight excluding hydrogens is 378 g/mol. The van der Waals surface area contributed by atoms with Gasteiger partial charge in [0.05, 0.1) is 12.0 Å². The van der Waals surface area contributed by atoms with Crippen LogP contribution in [0.15, 0.2) is 30.3 Å². The zero-order chi connectivity index (χ0) is 20.5. The molecule has 2 rings (SSSR count). The van der Waals surface area contributed by atoms with E-state index in [1.165, 1.54) is 0 Å². The van der Waals surface area contributed by atoms with Crippen LogP contribution in [-0.4, -0.2) is 59.9 Å². The average molecular weight is 408 g/mol. The van der Waals surface area contributed by atoms with Crippen LogP contribution in [-0.2, 0) is 20.8 Å². The first-order valence-electron chi connectivity index (χ1n) is 9.58. The molecule has 1 aromatic carbocycles. The Hall–Kier alpha value is -2.06. The van der Waals surface area contributed by atoms with Crippen molar-refractivity contribution in [3.63, 3.8) is 0 Å². The summed E-state index contributed by atoms with van der Waals surface area (Å²) in [4.78, 5) is 38.2. The number of hydrogen-bond donors (Lipinski definition) is 2. The minimum Gasteiger partial charge on any atom is -0.548 e. The Morgan fingerprint density at radius 2 is 1.89 bits per heavy atom. The fourth-order valence-corrected chi connectivity index (χ4v) is 3.86. The van der Waals surface area contributed by atoms with Gasteiger partial charge in [0.25, 0.3) is 5.91 Å². The topological polar surface area (TPSA) is 117 Å². The van der Waals surface area contributed by atoms with Crippen LogP contribution in [0.1, 0.15) is 24.8 Å². The van der Waals surface area contributed by atoms with Crippen molar-refractivity contribution >= 4 is 29.5 Å². The minimum absolute atomic E-state index is 0.0320. The quantitative estimate of drug-likeness (QED) is 0.548. The zero-order valence-electron chi connectivity index (χ0n) is 16.3. The fraction of sp³-hybridized carbons (Fsp3) is 0.550. The number of carbonyl (C=O) groups excluding carboxylic acids is 3. The van der Waals surface area contributed by atoms with Gasteiger partial charge in [-0.3, -0.25) is 9.59 Å². The number of carboxylic acid groups (broad SMARTS) is 1. The highest BCUT2D eigenvalue weighted by molar-refractivity contribution is 7.98. The van der Waals surface area contributed by atoms with Gasteiger partial charge in [-0.05, 0) is 36.8 Å². The first kappa shape index (κ1) is 22.2. The Labute approximate surface area is 170 Å². The third-order valence-corrected chi connectivity index (χ3v) is 5.72. The number of rotatable bonds is 9. The number of piperidine rings is 1. The first-order chi connectivity index (χ1) is 13.4. The number of hydrogen-bond acceptors (Lipinski definition) is 5. The Bertz CT molecular complexity index is 663. The molecule has 0 aliphatic carbocycles. The van der Waals surface area contributed by atoms with Crippen molar-refractivity contribution in [2.75, 3.05) is 25.1 Å². The largest absolute Gasteiger partial charge is 0.548 e. The van der Waals surface area contributed by atoms with Gasteiger partial charge in [-0.25, -0.2) is 0 Å². The maximum Gasteiger partial charge on any atom is 0.280 e. The van der Waals surface area contributed by atoms with Gasteiger partial charge in [0.1, 0.15) is 0 Å². The van der Waals surface area contributed by atoms with Gasteiger partial charge in [0.2, 0.25) is 5.91 Å². The van der Waals surface area contributed by atoms with Crippen LogP contribution in [0.25, 0.3) is 0 Å². The minimum atomic E-state index is -1.29. The molecule has 2 atom stereocenters. The second-order valence-electron chi connectivity index (χ2n) is 7.15. The van der Waals surface area contributed by atoms with Crippen LogP contribution in [0.2, 0.25) is 0 Å². The molecular formula is C20H29N3O4S. The van der Waals surface area contributed by atoms with E-state index in [9.17, 15) is 19.5 Å². The highest BCUT2D eigenvalue weighted by Crippen LogP contribution is 2.19. The number of thioether (sulfide) groups is 1. The molecule has 0 radical (unpaired) electrons. The van der Waals surface area contributed by atoms with Crippen LogP contribution >= 0.6 is 11.8 Å². The summed E-state index contributed by atoms with van der Waals surface area (Å²) in [5, 5.41) is 14.0. The van der Waals surface area contributed by atoms with Crippen molar-refractivity contribution in [1.29, 1.82) is 0 Å². The van der Waals surface area contributed by atoms with E-state index in [2.05, 4.69) is 11.1 Å². The second-order valence-corrected chi connectivity index (χ2v) is 8.13. The van der Waals surface area contributed by atoms with Crippen LogP contribution < -0.4 is 16.2 Å². The average Bonchev–Trinajstić information content (AvgIpc) is 2.71. The number of aliphatic carboxylic acids is 1. The van der Waals surface area contributed by atoms with Gasteiger partial charge in [-0.2, -0.15) is 11.8 Å². The highest BCUT2D eigenvalue weighted by Gasteiger charge is 2.31. The summed E-state index contributed by atoms with van der Waals surface area (Å²) in [5.74, 6) is -0.949. The molecule has 1 aliphatic heterocycles. The molecule has 0 saturated carbocycles. The molecule has 4 N–H and O–H groups in total. The summed E-state index contributed by atoms with van der Waals surface area (Å²) >= 11 is 1.69. The van der Waals surface area contributed by atoms with E-state index < -0.39 is 12.0 Å². The maximum absolute atomic E-state index is 12.5. The summed E-state index contributed by atoms with van der Waals surface area (Å²) in [6.07, 6.45) is 3.98. The predicted octanol–water partition coefficient (Wildman–Crippen LogP) is -0.934. The highest BCUT2D eigenvalue weighted by atomic mass is 32.2. The van der Waals surface area contributed by atoms with Crippen LogP contribution in [0.4, 0.5) is 0 Å². The van der Waals surface area contributed by atoms with E-state index in [-0.39, 0.29) is 30.2 Å². The second kappa shape index (κ2) is 11.1. The molecule has 2 amide bonds. The zero-order valence-corrected chi connectivity index (χ0v) is 17.1. The number of quaternary nitrogens is 1. The van der Waals surface area contributed by atoms with Gasteiger partial charge in [0, 0.05) is 25.4 Å². The number of benzene rings is 1. The summed E-state index contributed by atoms with van der Waals surface area (Å²) in [5.41, 5.74) is 4.77. The van der Waals surface area contributed by atoms with E-state index in [1.54, 1.807) is 16.7 Å². The van der Waals surface area contributed by atoms with Gasteiger partial charge in [0.15, 0.2) is 6.04 Å². The van der Waals surface area contributed by atoms with Gasteiger partial charge >= 0.3 is 0 Å². The molecule has 0 spiro atoms. The molecule has 1 fully saturated rings. The standard InChI is InChI=1S/C20H29N3O4S/c1-28-12-9-16(21)19(25)23-10-7-15(8-11-23)18(24)22-17(20(26)27)13-14-5-3-2-4-6-14/h2-6,15-17H,7-13,21H2,1H3,(H,22,24)(H,26,27)/t16-,17+/m0/s1. The molecule has 0 unspecified atom stereocenters. The molecule has 8 heteroatoms. The number of nitrogens with one attached hydrogen (secondary N) is 1. The van der Waals surface area contributed by atoms with E-state index in [1.807, 2.05) is 36.6 Å². The third-order valence-electron chi connectivity index (χ3n) is 5.08. The predicted molar refractivity (Wildman–Crippen MR) is 106 cm³/mol. The van der Waals surface area contributed by atoms with Crippen molar-refractivity contribution in [2.45, 2.75) is 37.8 Å². The smallest absolute Gasteiger partial charge is 0.280 e. The number of carboxylic acids is 1.